The van der Waals surface area contributed by atoms with Gasteiger partial charge < -0.3 is 0 Å². The molecule has 5 rings (SSSR count). The quantitative estimate of drug-likeness (QED) is 0.253. The number of hydrogen-bond donors (Lipinski definition) is 0. The lowest BCUT2D eigenvalue weighted by atomic mass is 9.78. The SMILES string of the molecule is C=C1C(C)CC(c2cc(C)nc3c2ccc2c(-c4ccccc4)cc(C)nc23)=C[C@H]1C. The minimum Gasteiger partial charge on any atom is -0.251 e. The maximum absolute atomic E-state index is 4.98. The van der Waals surface area contributed by atoms with Gasteiger partial charge in [-0.1, -0.05) is 74.5 Å². The molecule has 0 fully saturated rings. The molecule has 0 N–H and O–H groups in total. The van der Waals surface area contributed by atoms with Crippen LogP contribution in [0.15, 0.2) is 72.8 Å². The monoisotopic (exact) mass is 404 g/mol. The molecule has 1 aliphatic carbocycles. The first-order valence-electron chi connectivity index (χ1n) is 11.1. The summed E-state index contributed by atoms with van der Waals surface area (Å²) in [5.74, 6) is 0.886. The molecular formula is C29H28N2. The first-order valence-corrected chi connectivity index (χ1v) is 11.1. The lowest BCUT2D eigenvalue weighted by molar-refractivity contribution is 0.606. The van der Waals surface area contributed by atoms with Crippen molar-refractivity contribution in [2.24, 2.45) is 11.8 Å². The summed E-state index contributed by atoms with van der Waals surface area (Å²) in [7, 11) is 0. The van der Waals surface area contributed by atoms with Crippen molar-refractivity contribution in [3.05, 3.63) is 89.8 Å². The van der Waals surface area contributed by atoms with Crippen molar-refractivity contribution in [1.82, 2.24) is 9.97 Å². The Bertz CT molecular complexity index is 1360. The van der Waals surface area contributed by atoms with Crippen molar-refractivity contribution in [3.63, 3.8) is 0 Å². The Kier molecular flexibility index (Phi) is 4.74. The van der Waals surface area contributed by atoms with Crippen molar-refractivity contribution in [2.75, 3.05) is 0 Å². The number of pyridine rings is 2. The van der Waals surface area contributed by atoms with Gasteiger partial charge in [-0.25, -0.2) is 0 Å². The van der Waals surface area contributed by atoms with E-state index in [0.29, 0.717) is 11.8 Å². The van der Waals surface area contributed by atoms with Crippen molar-refractivity contribution in [2.45, 2.75) is 34.1 Å². The molecular weight excluding hydrogens is 376 g/mol. The van der Waals surface area contributed by atoms with Gasteiger partial charge in [-0.2, -0.15) is 0 Å². The molecule has 0 saturated carbocycles. The van der Waals surface area contributed by atoms with E-state index in [0.717, 1.165) is 34.2 Å². The molecule has 1 aliphatic rings. The zero-order valence-electron chi connectivity index (χ0n) is 18.7. The van der Waals surface area contributed by atoms with Gasteiger partial charge in [-0.15, -0.1) is 0 Å². The second-order valence-corrected chi connectivity index (χ2v) is 9.01. The Morgan fingerprint density at radius 3 is 2.00 bits per heavy atom. The molecule has 2 atom stereocenters. The van der Waals surface area contributed by atoms with Gasteiger partial charge >= 0.3 is 0 Å². The van der Waals surface area contributed by atoms with E-state index in [9.17, 15) is 0 Å². The summed E-state index contributed by atoms with van der Waals surface area (Å²) in [6.45, 7) is 13.0. The second kappa shape index (κ2) is 7.46. The van der Waals surface area contributed by atoms with Crippen molar-refractivity contribution >= 4 is 27.4 Å². The van der Waals surface area contributed by atoms with Gasteiger partial charge in [0.05, 0.1) is 11.0 Å². The number of aryl methyl sites for hydroxylation is 2. The molecule has 0 aliphatic heterocycles. The number of benzene rings is 2. The molecule has 1 unspecified atom stereocenters. The fraction of sp³-hybridized carbons (Fsp3) is 0.241. The Morgan fingerprint density at radius 2 is 1.39 bits per heavy atom. The highest BCUT2D eigenvalue weighted by Crippen LogP contribution is 2.40. The Balaban J connectivity index is 1.81. The molecule has 4 aromatic rings. The molecule has 0 bridgehead atoms. The largest absolute Gasteiger partial charge is 0.251 e. The van der Waals surface area contributed by atoms with Gasteiger partial charge in [0.15, 0.2) is 0 Å². The van der Waals surface area contributed by atoms with Gasteiger partial charge in [0.1, 0.15) is 0 Å². The normalized spacial score (nSPS) is 19.1. The van der Waals surface area contributed by atoms with Crippen molar-refractivity contribution in [3.8, 4) is 11.1 Å². The van der Waals surface area contributed by atoms with E-state index < -0.39 is 0 Å². The third-order valence-electron chi connectivity index (χ3n) is 6.64. The third-order valence-corrected chi connectivity index (χ3v) is 6.64. The summed E-state index contributed by atoms with van der Waals surface area (Å²) in [5, 5.41) is 2.34. The first kappa shape index (κ1) is 19.7. The summed E-state index contributed by atoms with van der Waals surface area (Å²) in [6, 6.07) is 19.4. The molecule has 31 heavy (non-hydrogen) atoms. The standard InChI is InChI=1S/C29H28N2/c1-17-13-23(14-18(2)21(17)5)27-16-20(4)31-29-25(27)12-11-24-26(15-19(3)30-28(24)29)22-9-7-6-8-10-22/h6-13,15-18H,5,14H2,1-4H3/t17-,18?/m1/s1. The van der Waals surface area contributed by atoms with E-state index in [1.807, 2.05) is 0 Å². The van der Waals surface area contributed by atoms with E-state index in [-0.39, 0.29) is 0 Å². The Morgan fingerprint density at radius 1 is 0.806 bits per heavy atom. The van der Waals surface area contributed by atoms with E-state index in [2.05, 4.69) is 94.9 Å². The molecule has 2 heterocycles. The van der Waals surface area contributed by atoms with Crippen LogP contribution >= 0.6 is 0 Å². The number of aromatic nitrogens is 2. The molecule has 0 spiro atoms. The third kappa shape index (κ3) is 3.37. The van der Waals surface area contributed by atoms with Crippen LogP contribution in [0.5, 0.6) is 0 Å². The Hall–Kier alpha value is -3.26. The summed E-state index contributed by atoms with van der Waals surface area (Å²) >= 11 is 0. The fourth-order valence-corrected chi connectivity index (χ4v) is 4.94. The summed E-state index contributed by atoms with van der Waals surface area (Å²) in [6.07, 6.45) is 3.41. The van der Waals surface area contributed by atoms with Crippen LogP contribution in [-0.4, -0.2) is 9.97 Å². The van der Waals surface area contributed by atoms with E-state index in [4.69, 9.17) is 9.97 Å². The Labute approximate surface area is 184 Å². The van der Waals surface area contributed by atoms with Crippen LogP contribution in [0.3, 0.4) is 0 Å². The highest BCUT2D eigenvalue weighted by atomic mass is 14.8. The lowest BCUT2D eigenvalue weighted by Gasteiger charge is -2.27. The van der Waals surface area contributed by atoms with Crippen molar-refractivity contribution in [1.29, 1.82) is 0 Å². The predicted octanol–water partition coefficient (Wildman–Crippen LogP) is 7.68. The topological polar surface area (TPSA) is 25.8 Å². The van der Waals surface area contributed by atoms with Crippen LogP contribution in [-0.2, 0) is 0 Å². The minimum atomic E-state index is 0.396. The van der Waals surface area contributed by atoms with Gasteiger partial charge in [0.2, 0.25) is 0 Å². The maximum Gasteiger partial charge on any atom is 0.0974 e. The number of nitrogens with zero attached hydrogens (tertiary/aromatic N) is 2. The fourth-order valence-electron chi connectivity index (χ4n) is 4.94. The summed E-state index contributed by atoms with van der Waals surface area (Å²) in [4.78, 5) is 9.94. The van der Waals surface area contributed by atoms with Gasteiger partial charge in [0, 0.05) is 22.2 Å². The van der Waals surface area contributed by atoms with E-state index in [1.165, 1.54) is 33.2 Å². The number of allylic oxidation sites excluding steroid dienone is 3. The molecule has 2 aromatic carbocycles. The average molecular weight is 405 g/mol. The van der Waals surface area contributed by atoms with Crippen LogP contribution in [0, 0.1) is 25.7 Å². The van der Waals surface area contributed by atoms with Gasteiger partial charge in [-0.05, 0) is 66.5 Å². The van der Waals surface area contributed by atoms with E-state index in [1.54, 1.807) is 0 Å². The second-order valence-electron chi connectivity index (χ2n) is 9.01. The number of fused-ring (bicyclic) bond motifs is 3. The van der Waals surface area contributed by atoms with Gasteiger partial charge in [0.25, 0.3) is 0 Å². The lowest BCUT2D eigenvalue weighted by Crippen LogP contribution is -2.13. The molecule has 0 saturated heterocycles. The zero-order valence-corrected chi connectivity index (χ0v) is 18.7. The first-order chi connectivity index (χ1) is 14.9. The van der Waals surface area contributed by atoms with Crippen LogP contribution in [0.4, 0.5) is 0 Å². The molecule has 2 aromatic heterocycles. The van der Waals surface area contributed by atoms with Crippen LogP contribution in [0.2, 0.25) is 0 Å². The summed E-state index contributed by atoms with van der Waals surface area (Å²) in [5.41, 5.74) is 10.5. The molecule has 0 radical (unpaired) electrons. The molecule has 2 nitrogen and oxygen atoms in total. The predicted molar refractivity (Wildman–Crippen MR) is 132 cm³/mol. The van der Waals surface area contributed by atoms with Gasteiger partial charge in [-0.3, -0.25) is 9.97 Å². The highest BCUT2D eigenvalue weighted by molar-refractivity contribution is 6.10. The van der Waals surface area contributed by atoms with Crippen LogP contribution < -0.4 is 0 Å². The van der Waals surface area contributed by atoms with Crippen molar-refractivity contribution < 1.29 is 0 Å². The summed E-state index contributed by atoms with van der Waals surface area (Å²) < 4.78 is 0. The average Bonchev–Trinajstić information content (AvgIpc) is 2.76. The molecule has 154 valence electrons. The zero-order chi connectivity index (χ0) is 21.7. The smallest absolute Gasteiger partial charge is 0.0974 e. The molecule has 2 heteroatoms. The number of hydrogen-bond acceptors (Lipinski definition) is 2. The van der Waals surface area contributed by atoms with E-state index >= 15 is 0 Å². The van der Waals surface area contributed by atoms with Crippen LogP contribution in [0.25, 0.3) is 38.5 Å². The highest BCUT2D eigenvalue weighted by Gasteiger charge is 2.23. The maximum atomic E-state index is 4.98. The number of rotatable bonds is 2. The molecule has 0 amide bonds. The van der Waals surface area contributed by atoms with Crippen LogP contribution in [0.1, 0.15) is 37.2 Å². The minimum absolute atomic E-state index is 0.396.